The molecule has 1 aromatic heterocycles. The molecule has 0 saturated carbocycles. The van der Waals surface area contributed by atoms with Crippen LogP contribution in [-0.4, -0.2) is 22.8 Å². The summed E-state index contributed by atoms with van der Waals surface area (Å²) in [5, 5.41) is 6.85. The molecule has 2 rings (SSSR count). The Morgan fingerprint density at radius 2 is 2.10 bits per heavy atom. The first-order chi connectivity index (χ1) is 9.63. The van der Waals surface area contributed by atoms with Crippen LogP contribution in [0.3, 0.4) is 0 Å². The van der Waals surface area contributed by atoms with Crippen LogP contribution in [0.25, 0.3) is 0 Å². The maximum absolute atomic E-state index is 11.9. The van der Waals surface area contributed by atoms with E-state index < -0.39 is 5.97 Å². The third kappa shape index (κ3) is 3.05. The molecule has 0 saturated heterocycles. The molecule has 106 valence electrons. The number of nitrogens with one attached hydrogen (secondary N) is 1. The predicted molar refractivity (Wildman–Crippen MR) is 76.4 cm³/mol. The first kappa shape index (κ1) is 14.3. The van der Waals surface area contributed by atoms with Gasteiger partial charge in [0.2, 0.25) is 0 Å². The van der Waals surface area contributed by atoms with Crippen molar-refractivity contribution in [2.45, 2.75) is 26.3 Å². The molecular formula is C15H19N3O2. The molecule has 0 aliphatic carbocycles. The maximum Gasteiger partial charge on any atom is 0.359 e. The van der Waals surface area contributed by atoms with Crippen LogP contribution in [-0.2, 0) is 11.2 Å². The number of nitrogens with two attached hydrogens (primary N) is 1. The Kier molecular flexibility index (Phi) is 4.53. The number of aromatic nitrogens is 2. The standard InChI is InChI=1S/C15H19N3O2/c1-3-20-15(19)14-12(10(2)17-18-14)9-13(16)11-7-5-4-6-8-11/h4-8,13H,3,9,16H2,1-2H3,(H,17,18). The van der Waals surface area contributed by atoms with E-state index in [0.717, 1.165) is 16.8 Å². The van der Waals surface area contributed by atoms with Crippen LogP contribution in [0.2, 0.25) is 0 Å². The molecule has 0 amide bonds. The number of H-pyrrole nitrogens is 1. The van der Waals surface area contributed by atoms with Crippen LogP contribution in [0.5, 0.6) is 0 Å². The highest BCUT2D eigenvalue weighted by atomic mass is 16.5. The molecule has 20 heavy (non-hydrogen) atoms. The molecule has 1 heterocycles. The Bertz CT molecular complexity index is 578. The minimum absolute atomic E-state index is 0.180. The van der Waals surface area contributed by atoms with E-state index in [1.54, 1.807) is 6.92 Å². The van der Waals surface area contributed by atoms with Gasteiger partial charge >= 0.3 is 5.97 Å². The largest absolute Gasteiger partial charge is 0.461 e. The zero-order valence-corrected chi connectivity index (χ0v) is 11.7. The van der Waals surface area contributed by atoms with Gasteiger partial charge in [0.05, 0.1) is 6.61 Å². The topological polar surface area (TPSA) is 81.0 Å². The number of rotatable bonds is 5. The number of hydrogen-bond donors (Lipinski definition) is 2. The summed E-state index contributed by atoms with van der Waals surface area (Å²) in [5.41, 5.74) is 9.23. The molecule has 1 unspecified atom stereocenters. The number of carbonyl (C=O) groups excluding carboxylic acids is 1. The van der Waals surface area contributed by atoms with E-state index in [1.807, 2.05) is 37.3 Å². The van der Waals surface area contributed by atoms with Crippen molar-refractivity contribution in [3.8, 4) is 0 Å². The lowest BCUT2D eigenvalue weighted by atomic mass is 9.98. The highest BCUT2D eigenvalue weighted by molar-refractivity contribution is 5.89. The highest BCUT2D eigenvalue weighted by Crippen LogP contribution is 2.20. The van der Waals surface area contributed by atoms with E-state index in [4.69, 9.17) is 10.5 Å². The number of benzene rings is 1. The molecule has 0 spiro atoms. The van der Waals surface area contributed by atoms with Gasteiger partial charge in [-0.25, -0.2) is 4.79 Å². The molecular weight excluding hydrogens is 254 g/mol. The van der Waals surface area contributed by atoms with Gasteiger partial charge in [0.25, 0.3) is 0 Å². The summed E-state index contributed by atoms with van der Waals surface area (Å²) in [4.78, 5) is 11.9. The minimum atomic E-state index is -0.410. The van der Waals surface area contributed by atoms with E-state index in [9.17, 15) is 4.79 Å². The SMILES string of the molecule is CCOC(=O)c1n[nH]c(C)c1CC(N)c1ccccc1. The van der Waals surface area contributed by atoms with Crippen molar-refractivity contribution >= 4 is 5.97 Å². The Balaban J connectivity index is 2.21. The quantitative estimate of drug-likeness (QED) is 0.818. The van der Waals surface area contributed by atoms with Crippen LogP contribution in [0, 0.1) is 6.92 Å². The number of hydrogen-bond acceptors (Lipinski definition) is 4. The van der Waals surface area contributed by atoms with Crippen molar-refractivity contribution < 1.29 is 9.53 Å². The van der Waals surface area contributed by atoms with Crippen LogP contribution < -0.4 is 5.73 Å². The summed E-state index contributed by atoms with van der Waals surface area (Å²) in [6, 6.07) is 9.62. The second-order valence-corrected chi connectivity index (χ2v) is 4.62. The average Bonchev–Trinajstić information content (AvgIpc) is 2.81. The van der Waals surface area contributed by atoms with Gasteiger partial charge in [0.1, 0.15) is 0 Å². The minimum Gasteiger partial charge on any atom is -0.461 e. The molecule has 0 bridgehead atoms. The third-order valence-electron chi connectivity index (χ3n) is 3.19. The maximum atomic E-state index is 11.9. The van der Waals surface area contributed by atoms with Crippen LogP contribution in [0.4, 0.5) is 0 Å². The fourth-order valence-electron chi connectivity index (χ4n) is 2.11. The van der Waals surface area contributed by atoms with Gasteiger partial charge in [-0.3, -0.25) is 5.10 Å². The van der Waals surface area contributed by atoms with E-state index in [0.29, 0.717) is 18.7 Å². The van der Waals surface area contributed by atoms with Crippen molar-refractivity contribution in [1.29, 1.82) is 0 Å². The molecule has 1 atom stereocenters. The van der Waals surface area contributed by atoms with E-state index in [-0.39, 0.29) is 6.04 Å². The van der Waals surface area contributed by atoms with Gasteiger partial charge in [0.15, 0.2) is 5.69 Å². The number of carbonyl (C=O) groups is 1. The first-order valence-corrected chi connectivity index (χ1v) is 6.65. The van der Waals surface area contributed by atoms with Gasteiger partial charge in [-0.05, 0) is 25.8 Å². The monoisotopic (exact) mass is 273 g/mol. The smallest absolute Gasteiger partial charge is 0.359 e. The lowest BCUT2D eigenvalue weighted by Crippen LogP contribution is -2.16. The first-order valence-electron chi connectivity index (χ1n) is 6.65. The summed E-state index contributed by atoms with van der Waals surface area (Å²) >= 11 is 0. The van der Waals surface area contributed by atoms with E-state index in [1.165, 1.54) is 0 Å². The average molecular weight is 273 g/mol. The van der Waals surface area contributed by atoms with E-state index in [2.05, 4.69) is 10.2 Å². The zero-order valence-electron chi connectivity index (χ0n) is 11.7. The van der Waals surface area contributed by atoms with Crippen molar-refractivity contribution in [3.63, 3.8) is 0 Å². The Hall–Kier alpha value is -2.14. The highest BCUT2D eigenvalue weighted by Gasteiger charge is 2.21. The molecule has 0 radical (unpaired) electrons. The van der Waals surface area contributed by atoms with Crippen molar-refractivity contribution in [1.82, 2.24) is 10.2 Å². The Morgan fingerprint density at radius 1 is 1.40 bits per heavy atom. The molecule has 3 N–H and O–H groups in total. The number of esters is 1. The zero-order chi connectivity index (χ0) is 14.5. The number of nitrogens with zero attached hydrogens (tertiary/aromatic N) is 1. The number of ether oxygens (including phenoxy) is 1. The van der Waals surface area contributed by atoms with Crippen LogP contribution >= 0.6 is 0 Å². The van der Waals surface area contributed by atoms with Crippen molar-refractivity contribution in [2.75, 3.05) is 6.61 Å². The summed E-state index contributed by atoms with van der Waals surface area (Å²) in [6.07, 6.45) is 0.542. The summed E-state index contributed by atoms with van der Waals surface area (Å²) in [5.74, 6) is -0.410. The van der Waals surface area contributed by atoms with E-state index >= 15 is 0 Å². The molecule has 5 heteroatoms. The second kappa shape index (κ2) is 6.34. The van der Waals surface area contributed by atoms with Crippen LogP contribution in [0.15, 0.2) is 30.3 Å². The van der Waals surface area contributed by atoms with Gasteiger partial charge < -0.3 is 10.5 Å². The molecule has 5 nitrogen and oxygen atoms in total. The predicted octanol–water partition coefficient (Wildman–Crippen LogP) is 2.14. The third-order valence-corrected chi connectivity index (χ3v) is 3.19. The Labute approximate surface area is 118 Å². The van der Waals surface area contributed by atoms with Gasteiger partial charge in [-0.15, -0.1) is 0 Å². The molecule has 0 aliphatic rings. The van der Waals surface area contributed by atoms with Crippen molar-refractivity contribution in [3.05, 3.63) is 52.8 Å². The molecule has 0 aliphatic heterocycles. The Morgan fingerprint density at radius 3 is 2.75 bits per heavy atom. The normalized spacial score (nSPS) is 12.2. The summed E-state index contributed by atoms with van der Waals surface area (Å²) < 4.78 is 5.01. The lowest BCUT2D eigenvalue weighted by molar-refractivity contribution is 0.0518. The summed E-state index contributed by atoms with van der Waals surface area (Å²) in [7, 11) is 0. The molecule has 1 aromatic carbocycles. The molecule has 2 aromatic rings. The van der Waals surface area contributed by atoms with Gasteiger partial charge in [-0.2, -0.15) is 5.10 Å². The number of aromatic amines is 1. The lowest BCUT2D eigenvalue weighted by Gasteiger charge is -2.12. The summed E-state index contributed by atoms with van der Waals surface area (Å²) in [6.45, 7) is 3.98. The van der Waals surface area contributed by atoms with Gasteiger partial charge in [-0.1, -0.05) is 30.3 Å². The fourth-order valence-corrected chi connectivity index (χ4v) is 2.11. The van der Waals surface area contributed by atoms with Gasteiger partial charge in [0, 0.05) is 17.3 Å². The van der Waals surface area contributed by atoms with Crippen molar-refractivity contribution in [2.24, 2.45) is 5.73 Å². The molecule has 0 fully saturated rings. The van der Waals surface area contributed by atoms with Crippen LogP contribution in [0.1, 0.15) is 40.3 Å². The second-order valence-electron chi connectivity index (χ2n) is 4.62. The fraction of sp³-hybridized carbons (Fsp3) is 0.333. The number of aryl methyl sites for hydroxylation is 1.